The Morgan fingerprint density at radius 2 is 2.00 bits per heavy atom. The van der Waals surface area contributed by atoms with E-state index in [2.05, 4.69) is 17.6 Å². The first-order chi connectivity index (χ1) is 9.77. The molecule has 1 aromatic carbocycles. The third-order valence-corrected chi connectivity index (χ3v) is 2.67. The summed E-state index contributed by atoms with van der Waals surface area (Å²) in [5.41, 5.74) is 0.607. The zero-order chi connectivity index (χ0) is 14.6. The Bertz CT molecular complexity index is 402. The van der Waals surface area contributed by atoms with E-state index in [1.807, 2.05) is 12.1 Å². The number of hydrogen-bond acceptors (Lipinski definition) is 4. The third-order valence-electron chi connectivity index (χ3n) is 2.67. The van der Waals surface area contributed by atoms with Gasteiger partial charge < -0.3 is 20.1 Å². The van der Waals surface area contributed by atoms with Crippen LogP contribution >= 0.6 is 12.4 Å². The van der Waals surface area contributed by atoms with Crippen LogP contribution in [0, 0.1) is 0 Å². The Morgan fingerprint density at radius 1 is 1.19 bits per heavy atom. The molecule has 0 saturated carbocycles. The number of carbonyl (C=O) groups excluding carboxylic acids is 1. The largest absolute Gasteiger partial charge is 0.491 e. The van der Waals surface area contributed by atoms with Crippen molar-refractivity contribution in [1.82, 2.24) is 10.6 Å². The molecule has 1 aromatic rings. The van der Waals surface area contributed by atoms with Gasteiger partial charge in [0.2, 0.25) is 0 Å². The molecule has 0 radical (unpaired) electrons. The lowest BCUT2D eigenvalue weighted by molar-refractivity contribution is 0.0953. The van der Waals surface area contributed by atoms with Crippen LogP contribution < -0.4 is 15.4 Å². The van der Waals surface area contributed by atoms with Crippen LogP contribution in [0.2, 0.25) is 0 Å². The Morgan fingerprint density at radius 3 is 2.71 bits per heavy atom. The van der Waals surface area contributed by atoms with Crippen molar-refractivity contribution >= 4 is 18.3 Å². The standard InChI is InChI=1S/C15H24N2O3.ClH/c1-3-7-16-8-9-17-15(18)13-5-4-6-14(12-13)20-11-10-19-2;/h4-6,12,16H,3,7-11H2,1-2H3,(H,17,18);1H. The predicted molar refractivity (Wildman–Crippen MR) is 86.6 cm³/mol. The molecule has 0 unspecified atom stereocenters. The summed E-state index contributed by atoms with van der Waals surface area (Å²) in [4.78, 5) is 11.9. The zero-order valence-electron chi connectivity index (χ0n) is 12.7. The number of benzene rings is 1. The van der Waals surface area contributed by atoms with E-state index in [0.29, 0.717) is 31.1 Å². The summed E-state index contributed by atoms with van der Waals surface area (Å²) in [6.45, 7) is 5.48. The van der Waals surface area contributed by atoms with Gasteiger partial charge in [-0.05, 0) is 31.2 Å². The van der Waals surface area contributed by atoms with E-state index in [-0.39, 0.29) is 18.3 Å². The van der Waals surface area contributed by atoms with Crippen molar-refractivity contribution in [3.05, 3.63) is 29.8 Å². The van der Waals surface area contributed by atoms with Crippen LogP contribution in [-0.4, -0.2) is 45.9 Å². The van der Waals surface area contributed by atoms with E-state index < -0.39 is 0 Å². The van der Waals surface area contributed by atoms with Gasteiger partial charge in [-0.1, -0.05) is 13.0 Å². The maximum Gasteiger partial charge on any atom is 0.251 e. The summed E-state index contributed by atoms with van der Waals surface area (Å²) >= 11 is 0. The monoisotopic (exact) mass is 316 g/mol. The molecule has 120 valence electrons. The van der Waals surface area contributed by atoms with Crippen LogP contribution in [0.15, 0.2) is 24.3 Å². The Hall–Kier alpha value is -1.30. The fourth-order valence-corrected chi connectivity index (χ4v) is 1.64. The minimum atomic E-state index is -0.0829. The zero-order valence-corrected chi connectivity index (χ0v) is 13.5. The number of nitrogens with one attached hydrogen (secondary N) is 2. The second-order valence-electron chi connectivity index (χ2n) is 4.37. The third kappa shape index (κ3) is 8.55. The van der Waals surface area contributed by atoms with Crippen LogP contribution in [0.25, 0.3) is 0 Å². The van der Waals surface area contributed by atoms with Gasteiger partial charge in [-0.2, -0.15) is 0 Å². The first-order valence-corrected chi connectivity index (χ1v) is 6.98. The molecule has 0 aliphatic rings. The Labute approximate surface area is 132 Å². The molecule has 0 spiro atoms. The summed E-state index contributed by atoms with van der Waals surface area (Å²) in [6, 6.07) is 7.16. The molecule has 0 aromatic heterocycles. The van der Waals surface area contributed by atoms with Gasteiger partial charge in [0, 0.05) is 25.8 Å². The maximum atomic E-state index is 11.9. The topological polar surface area (TPSA) is 59.6 Å². The number of methoxy groups -OCH3 is 1. The number of halogens is 1. The maximum absolute atomic E-state index is 11.9. The second kappa shape index (κ2) is 12.4. The number of carbonyl (C=O) groups is 1. The molecule has 1 rings (SSSR count). The van der Waals surface area contributed by atoms with Gasteiger partial charge in [-0.3, -0.25) is 4.79 Å². The molecule has 1 amide bonds. The summed E-state index contributed by atoms with van der Waals surface area (Å²) in [5.74, 6) is 0.597. The number of rotatable bonds is 10. The SMILES string of the molecule is CCCNCCNC(=O)c1cccc(OCCOC)c1.Cl. The second-order valence-corrected chi connectivity index (χ2v) is 4.37. The lowest BCUT2D eigenvalue weighted by Crippen LogP contribution is -2.32. The van der Waals surface area contributed by atoms with Crippen LogP contribution in [0.3, 0.4) is 0 Å². The molecular weight excluding hydrogens is 292 g/mol. The van der Waals surface area contributed by atoms with E-state index in [1.165, 1.54) is 0 Å². The molecule has 0 saturated heterocycles. The summed E-state index contributed by atoms with van der Waals surface area (Å²) in [5, 5.41) is 6.10. The number of ether oxygens (including phenoxy) is 2. The van der Waals surface area contributed by atoms with Gasteiger partial charge in [-0.25, -0.2) is 0 Å². The molecule has 5 nitrogen and oxygen atoms in total. The lowest BCUT2D eigenvalue weighted by Gasteiger charge is -2.09. The van der Waals surface area contributed by atoms with Crippen LogP contribution in [-0.2, 0) is 4.74 Å². The number of amides is 1. The molecule has 0 aliphatic heterocycles. The van der Waals surface area contributed by atoms with Gasteiger partial charge in [0.05, 0.1) is 6.61 Å². The van der Waals surface area contributed by atoms with E-state index in [1.54, 1.807) is 19.2 Å². The number of hydrogen-bond donors (Lipinski definition) is 2. The molecule has 0 atom stereocenters. The molecular formula is C15H25ClN2O3. The van der Waals surface area contributed by atoms with Gasteiger partial charge in [0.25, 0.3) is 5.91 Å². The van der Waals surface area contributed by atoms with Crippen LogP contribution in [0.1, 0.15) is 23.7 Å². The van der Waals surface area contributed by atoms with E-state index in [0.717, 1.165) is 19.5 Å². The molecule has 0 bridgehead atoms. The normalized spacial score (nSPS) is 9.81. The quantitative estimate of drug-likeness (QED) is 0.647. The van der Waals surface area contributed by atoms with Gasteiger partial charge in [-0.15, -0.1) is 12.4 Å². The highest BCUT2D eigenvalue weighted by Crippen LogP contribution is 2.13. The fourth-order valence-electron chi connectivity index (χ4n) is 1.64. The van der Waals surface area contributed by atoms with E-state index >= 15 is 0 Å². The van der Waals surface area contributed by atoms with Crippen molar-refractivity contribution in [1.29, 1.82) is 0 Å². The van der Waals surface area contributed by atoms with Crippen molar-refractivity contribution in [2.75, 3.05) is 40.0 Å². The minimum absolute atomic E-state index is 0. The highest BCUT2D eigenvalue weighted by Gasteiger charge is 2.05. The highest BCUT2D eigenvalue weighted by molar-refractivity contribution is 5.94. The fraction of sp³-hybridized carbons (Fsp3) is 0.533. The van der Waals surface area contributed by atoms with Crippen molar-refractivity contribution in [2.45, 2.75) is 13.3 Å². The summed E-state index contributed by atoms with van der Waals surface area (Å²) < 4.78 is 10.4. The minimum Gasteiger partial charge on any atom is -0.491 e. The summed E-state index contributed by atoms with van der Waals surface area (Å²) in [7, 11) is 1.62. The van der Waals surface area contributed by atoms with Crippen molar-refractivity contribution in [3.8, 4) is 5.75 Å². The van der Waals surface area contributed by atoms with Crippen molar-refractivity contribution < 1.29 is 14.3 Å². The van der Waals surface area contributed by atoms with E-state index in [9.17, 15) is 4.79 Å². The van der Waals surface area contributed by atoms with Crippen LogP contribution in [0.4, 0.5) is 0 Å². The smallest absolute Gasteiger partial charge is 0.251 e. The van der Waals surface area contributed by atoms with Gasteiger partial charge in [0.1, 0.15) is 12.4 Å². The lowest BCUT2D eigenvalue weighted by atomic mass is 10.2. The molecule has 21 heavy (non-hydrogen) atoms. The van der Waals surface area contributed by atoms with Gasteiger partial charge >= 0.3 is 0 Å². The van der Waals surface area contributed by atoms with Crippen LogP contribution in [0.5, 0.6) is 5.75 Å². The molecule has 0 heterocycles. The average Bonchev–Trinajstić information content (AvgIpc) is 2.47. The van der Waals surface area contributed by atoms with Crippen molar-refractivity contribution in [3.63, 3.8) is 0 Å². The first-order valence-electron chi connectivity index (χ1n) is 6.98. The molecule has 0 fully saturated rings. The summed E-state index contributed by atoms with van der Waals surface area (Å²) in [6.07, 6.45) is 1.09. The van der Waals surface area contributed by atoms with E-state index in [4.69, 9.17) is 9.47 Å². The first kappa shape index (κ1) is 19.7. The Kier molecular flexibility index (Phi) is 11.7. The molecule has 0 aliphatic carbocycles. The molecule has 6 heteroatoms. The van der Waals surface area contributed by atoms with Crippen molar-refractivity contribution in [2.24, 2.45) is 0 Å². The van der Waals surface area contributed by atoms with Gasteiger partial charge in [0.15, 0.2) is 0 Å². The average molecular weight is 317 g/mol. The molecule has 2 N–H and O–H groups in total. The highest BCUT2D eigenvalue weighted by atomic mass is 35.5. The Balaban J connectivity index is 0.00000400. The predicted octanol–water partition coefficient (Wildman–Crippen LogP) is 1.86.